The van der Waals surface area contributed by atoms with Gasteiger partial charge in [0.05, 0.1) is 25.6 Å². The topological polar surface area (TPSA) is 38.7 Å². The number of quaternary nitrogens is 1. The van der Waals surface area contributed by atoms with Gasteiger partial charge in [-0.25, -0.2) is 0 Å². The van der Waals surface area contributed by atoms with E-state index < -0.39 is 0 Å². The Morgan fingerprint density at radius 1 is 1.09 bits per heavy atom. The predicted molar refractivity (Wildman–Crippen MR) is 132 cm³/mol. The molecule has 3 aliphatic carbocycles. The minimum Gasteiger partial charge on any atom is -0.504 e. The lowest BCUT2D eigenvalue weighted by molar-refractivity contribution is -0.951. The third-order valence-corrected chi connectivity index (χ3v) is 10.2. The van der Waals surface area contributed by atoms with Crippen LogP contribution < -0.4 is 4.74 Å². The van der Waals surface area contributed by atoms with Crippen molar-refractivity contribution in [2.24, 2.45) is 5.92 Å². The van der Waals surface area contributed by atoms with E-state index in [1.54, 1.807) is 0 Å². The Labute approximate surface area is 203 Å². The number of ether oxygens (including phenoxy) is 2. The van der Waals surface area contributed by atoms with E-state index in [2.05, 4.69) is 43.4 Å². The zero-order chi connectivity index (χ0) is 23.0. The molecule has 4 heteroatoms. The molecule has 1 saturated heterocycles. The summed E-state index contributed by atoms with van der Waals surface area (Å²) in [6.45, 7) is 3.29. The molecule has 0 aromatic heterocycles. The molecule has 2 unspecified atom stereocenters. The average molecular weight is 461 g/mol. The van der Waals surface area contributed by atoms with Crippen LogP contribution in [0, 0.1) is 5.92 Å². The van der Waals surface area contributed by atoms with Crippen molar-refractivity contribution in [1.82, 2.24) is 0 Å². The summed E-state index contributed by atoms with van der Waals surface area (Å²) in [5, 5.41) is 10.8. The van der Waals surface area contributed by atoms with Gasteiger partial charge in [0.15, 0.2) is 11.5 Å². The number of nitrogens with zero attached hydrogens (tertiary/aromatic N) is 1. The van der Waals surface area contributed by atoms with Crippen LogP contribution in [-0.4, -0.2) is 54.1 Å². The Kier molecular flexibility index (Phi) is 4.68. The van der Waals surface area contributed by atoms with Gasteiger partial charge < -0.3 is 19.1 Å². The highest BCUT2D eigenvalue weighted by molar-refractivity contribution is 5.62. The van der Waals surface area contributed by atoms with Crippen molar-refractivity contribution < 1.29 is 19.1 Å². The van der Waals surface area contributed by atoms with Crippen LogP contribution in [0.3, 0.4) is 0 Å². The zero-order valence-corrected chi connectivity index (χ0v) is 20.5. The number of aromatic hydroxyl groups is 1. The minimum atomic E-state index is -0.194. The fourth-order valence-corrected chi connectivity index (χ4v) is 8.58. The molecular weight excluding hydrogens is 422 g/mol. The van der Waals surface area contributed by atoms with E-state index in [4.69, 9.17) is 9.47 Å². The fourth-order valence-electron chi connectivity index (χ4n) is 8.58. The van der Waals surface area contributed by atoms with Gasteiger partial charge >= 0.3 is 0 Å². The average Bonchev–Trinajstić information content (AvgIpc) is 3.58. The number of phenolic OH excluding ortho intramolecular Hbond substituents is 1. The molecular formula is C30H38NO3+. The van der Waals surface area contributed by atoms with Crippen LogP contribution in [0.2, 0.25) is 0 Å². The molecule has 5 atom stereocenters. The van der Waals surface area contributed by atoms with E-state index >= 15 is 0 Å². The summed E-state index contributed by atoms with van der Waals surface area (Å²) in [7, 11) is 2.52. The van der Waals surface area contributed by atoms with Crippen molar-refractivity contribution >= 4 is 0 Å². The Balaban J connectivity index is 1.29. The Bertz CT molecular complexity index is 1100. The van der Waals surface area contributed by atoms with Crippen molar-refractivity contribution in [3.63, 3.8) is 0 Å². The first kappa shape index (κ1) is 21.3. The number of likely N-dealkylation sites (N-methyl/N-ethyl adjacent to an activating group) is 1. The summed E-state index contributed by atoms with van der Waals surface area (Å²) in [5.41, 5.74) is 3.81. The van der Waals surface area contributed by atoms with Gasteiger partial charge in [-0.05, 0) is 62.1 Å². The maximum atomic E-state index is 10.8. The van der Waals surface area contributed by atoms with E-state index in [1.807, 2.05) is 6.07 Å². The second kappa shape index (κ2) is 7.48. The summed E-state index contributed by atoms with van der Waals surface area (Å²) < 4.78 is 15.1. The molecule has 7 rings (SSSR count). The van der Waals surface area contributed by atoms with Gasteiger partial charge in [0.2, 0.25) is 0 Å². The van der Waals surface area contributed by atoms with Gasteiger partial charge in [-0.2, -0.15) is 0 Å². The van der Waals surface area contributed by atoms with Gasteiger partial charge in [0.1, 0.15) is 17.7 Å². The van der Waals surface area contributed by atoms with Gasteiger partial charge in [-0.3, -0.25) is 0 Å². The van der Waals surface area contributed by atoms with E-state index in [1.165, 1.54) is 42.6 Å². The van der Waals surface area contributed by atoms with Crippen LogP contribution in [0.25, 0.3) is 0 Å². The quantitative estimate of drug-likeness (QED) is 0.459. The number of benzene rings is 2. The number of aryl methyl sites for hydroxylation is 1. The molecule has 1 N–H and O–H groups in total. The number of hydrogen-bond donors (Lipinski definition) is 1. The first-order chi connectivity index (χ1) is 16.6. The van der Waals surface area contributed by atoms with Crippen molar-refractivity contribution in [2.75, 3.05) is 26.7 Å². The van der Waals surface area contributed by atoms with E-state index in [9.17, 15) is 5.11 Å². The summed E-state index contributed by atoms with van der Waals surface area (Å²) in [6, 6.07) is 15.3. The van der Waals surface area contributed by atoms with E-state index in [-0.39, 0.29) is 17.1 Å². The molecule has 2 saturated carbocycles. The van der Waals surface area contributed by atoms with Gasteiger partial charge in [-0.15, -0.1) is 0 Å². The van der Waals surface area contributed by atoms with Crippen LogP contribution in [-0.2, 0) is 23.0 Å². The number of likely N-dealkylation sites (tertiary alicyclic amines) is 1. The number of hydrogen-bond acceptors (Lipinski definition) is 3. The molecule has 1 spiro atoms. The largest absolute Gasteiger partial charge is 0.504 e. The van der Waals surface area contributed by atoms with Crippen molar-refractivity contribution in [2.45, 2.75) is 80.9 Å². The third kappa shape index (κ3) is 2.85. The molecule has 180 valence electrons. The first-order valence-electron chi connectivity index (χ1n) is 13.6. The molecule has 3 fully saturated rings. The molecule has 2 bridgehead atoms. The second-order valence-electron chi connectivity index (χ2n) is 12.0. The molecule has 2 heterocycles. The normalized spacial score (nSPS) is 37.2. The minimum absolute atomic E-state index is 0.106. The summed E-state index contributed by atoms with van der Waals surface area (Å²) in [5.74, 6) is 1.99. The number of rotatable bonds is 7. The SMILES string of the molecule is C[N+]1(CC2CC2)CC[C@]23c4c5ccc(O)c4OC2CCC[C@@]3(OCCCc2ccccc2)[C@H]1C5. The highest BCUT2D eigenvalue weighted by atomic mass is 16.5. The molecule has 2 aromatic carbocycles. The van der Waals surface area contributed by atoms with E-state index in [0.29, 0.717) is 11.8 Å². The molecule has 34 heavy (non-hydrogen) atoms. The molecule has 4 nitrogen and oxygen atoms in total. The van der Waals surface area contributed by atoms with Crippen LogP contribution in [0.1, 0.15) is 61.6 Å². The lowest BCUT2D eigenvalue weighted by Crippen LogP contribution is -2.80. The maximum absolute atomic E-state index is 10.8. The fraction of sp³-hybridized carbons (Fsp3) is 0.600. The van der Waals surface area contributed by atoms with Crippen molar-refractivity contribution in [1.29, 1.82) is 0 Å². The molecule has 2 aromatic rings. The van der Waals surface area contributed by atoms with Crippen molar-refractivity contribution in [3.8, 4) is 11.5 Å². The second-order valence-corrected chi connectivity index (χ2v) is 12.0. The van der Waals surface area contributed by atoms with Crippen molar-refractivity contribution in [3.05, 3.63) is 59.2 Å². The van der Waals surface area contributed by atoms with Gasteiger partial charge in [0, 0.05) is 30.9 Å². The standard InChI is InChI=1S/C30H37NO3/c1-31(20-22-11-12-22)17-16-29-26-10-5-15-30(29,33-18-6-9-21-7-3-2-4-8-21)25(31)19-23-13-14-24(32)28(34-26)27(23)29/h2-4,7-8,13-14,22,25-26H,5-6,9-12,15-20H2,1H3/p+1/t25-,26?,29-,30-,31?/m1/s1. The zero-order valence-electron chi connectivity index (χ0n) is 20.5. The van der Waals surface area contributed by atoms with Gasteiger partial charge in [-0.1, -0.05) is 36.4 Å². The monoisotopic (exact) mass is 460 g/mol. The molecule has 0 amide bonds. The number of phenols is 1. The summed E-state index contributed by atoms with van der Waals surface area (Å²) in [6.07, 6.45) is 10.5. The summed E-state index contributed by atoms with van der Waals surface area (Å²) in [4.78, 5) is 0. The Hall–Kier alpha value is -2.04. The number of piperidine rings is 1. The highest BCUT2D eigenvalue weighted by Crippen LogP contribution is 2.67. The lowest BCUT2D eigenvalue weighted by atomic mass is 9.48. The van der Waals surface area contributed by atoms with Crippen LogP contribution in [0.15, 0.2) is 42.5 Å². The predicted octanol–water partition coefficient (Wildman–Crippen LogP) is 5.15. The maximum Gasteiger partial charge on any atom is 0.165 e. The third-order valence-electron chi connectivity index (χ3n) is 10.2. The van der Waals surface area contributed by atoms with E-state index in [0.717, 1.165) is 67.7 Å². The summed E-state index contributed by atoms with van der Waals surface area (Å²) >= 11 is 0. The van der Waals surface area contributed by atoms with Crippen LogP contribution >= 0.6 is 0 Å². The van der Waals surface area contributed by atoms with Gasteiger partial charge in [0.25, 0.3) is 0 Å². The highest BCUT2D eigenvalue weighted by Gasteiger charge is 2.75. The van der Waals surface area contributed by atoms with Crippen LogP contribution in [0.5, 0.6) is 11.5 Å². The first-order valence-corrected chi connectivity index (χ1v) is 13.6. The van der Waals surface area contributed by atoms with Crippen LogP contribution in [0.4, 0.5) is 0 Å². The molecule has 5 aliphatic rings. The molecule has 0 radical (unpaired) electrons. The molecule has 2 aliphatic heterocycles. The lowest BCUT2D eigenvalue weighted by Gasteiger charge is -2.66. The Morgan fingerprint density at radius 2 is 1.94 bits per heavy atom. The Morgan fingerprint density at radius 3 is 2.76 bits per heavy atom. The smallest absolute Gasteiger partial charge is 0.165 e.